The van der Waals surface area contributed by atoms with Gasteiger partial charge in [-0.3, -0.25) is 4.79 Å². The van der Waals surface area contributed by atoms with E-state index in [2.05, 4.69) is 27.9 Å². The Hall–Kier alpha value is -1.67. The van der Waals surface area contributed by atoms with Crippen molar-refractivity contribution in [2.45, 2.75) is 13.8 Å². The topological polar surface area (TPSA) is 41.6 Å². The molecule has 0 radical (unpaired) electrons. The number of thiocarbonyl (C=S) groups is 1. The molecule has 0 aromatic heterocycles. The maximum absolute atomic E-state index is 12.2. The van der Waals surface area contributed by atoms with Gasteiger partial charge in [-0.25, -0.2) is 0 Å². The van der Waals surface area contributed by atoms with Crippen LogP contribution in [0.25, 0.3) is 0 Å². The maximum atomic E-state index is 12.2. The quantitative estimate of drug-likeness (QED) is 0.532. The lowest BCUT2D eigenvalue weighted by molar-refractivity contribution is 0.102. The number of anilines is 1. The molecule has 0 saturated heterocycles. The molecule has 0 atom stereocenters. The first-order valence-corrected chi connectivity index (χ1v) is 9.16. The van der Waals surface area contributed by atoms with Crippen molar-refractivity contribution in [1.29, 1.82) is 0 Å². The zero-order chi connectivity index (χ0) is 17.5. The number of carbonyl (C=O) groups excluding carboxylic acids is 1. The second-order valence-corrected chi connectivity index (χ2v) is 6.62. The highest BCUT2D eigenvalue weighted by Gasteiger charge is 2.09. The molecule has 0 spiro atoms. The minimum absolute atomic E-state index is 0.158. The van der Waals surface area contributed by atoms with Gasteiger partial charge in [0.05, 0.1) is 0 Å². The first-order valence-electron chi connectivity index (χ1n) is 7.67. The normalized spacial score (nSPS) is 10.1. The summed E-state index contributed by atoms with van der Waals surface area (Å²) in [5.41, 5.74) is 1.33. The van der Waals surface area contributed by atoms with Crippen LogP contribution in [0.1, 0.15) is 24.2 Å². The van der Waals surface area contributed by atoms with Crippen molar-refractivity contribution in [2.24, 2.45) is 0 Å². The number of hydrogen-bond acceptors (Lipinski definition) is 3. The number of hydrogen-bond donors (Lipinski definition) is 1. The van der Waals surface area contributed by atoms with E-state index in [-0.39, 0.29) is 5.91 Å². The smallest absolute Gasteiger partial charge is 0.264 e. The Morgan fingerprint density at radius 1 is 1.08 bits per heavy atom. The largest absolute Gasteiger partial charge is 0.432 e. The van der Waals surface area contributed by atoms with Crippen LogP contribution in [0.3, 0.4) is 0 Å². The second kappa shape index (κ2) is 8.98. The van der Waals surface area contributed by atoms with Crippen molar-refractivity contribution in [3.8, 4) is 5.75 Å². The van der Waals surface area contributed by atoms with E-state index in [1.807, 2.05) is 43.0 Å². The lowest BCUT2D eigenvalue weighted by Crippen LogP contribution is -2.32. The van der Waals surface area contributed by atoms with Crippen molar-refractivity contribution in [2.75, 3.05) is 18.4 Å². The summed E-state index contributed by atoms with van der Waals surface area (Å²) in [5.74, 6) is 0.465. The molecule has 0 fully saturated rings. The summed E-state index contributed by atoms with van der Waals surface area (Å²) < 4.78 is 6.77. The molecule has 1 amide bonds. The van der Waals surface area contributed by atoms with E-state index in [1.165, 1.54) is 0 Å². The third kappa shape index (κ3) is 5.17. The molecule has 24 heavy (non-hydrogen) atoms. The summed E-state index contributed by atoms with van der Waals surface area (Å²) >= 11 is 7.49. The summed E-state index contributed by atoms with van der Waals surface area (Å²) in [7, 11) is 0. The van der Waals surface area contributed by atoms with Crippen LogP contribution in [0.4, 0.5) is 5.69 Å². The highest BCUT2D eigenvalue weighted by molar-refractivity contribution is 14.1. The number of halogens is 1. The molecule has 126 valence electrons. The van der Waals surface area contributed by atoms with Gasteiger partial charge in [-0.05, 0) is 97.2 Å². The number of nitrogens with one attached hydrogen (secondary N) is 1. The number of rotatable bonds is 5. The van der Waals surface area contributed by atoms with E-state index in [0.29, 0.717) is 16.5 Å². The molecule has 0 heterocycles. The van der Waals surface area contributed by atoms with E-state index in [4.69, 9.17) is 17.0 Å². The molecular weight excluding hydrogens is 435 g/mol. The van der Waals surface area contributed by atoms with E-state index in [1.54, 1.807) is 24.3 Å². The van der Waals surface area contributed by atoms with Crippen molar-refractivity contribution in [1.82, 2.24) is 4.90 Å². The zero-order valence-electron chi connectivity index (χ0n) is 13.6. The van der Waals surface area contributed by atoms with E-state index in [0.717, 1.165) is 22.3 Å². The van der Waals surface area contributed by atoms with Crippen LogP contribution in [0.15, 0.2) is 48.5 Å². The van der Waals surface area contributed by atoms with E-state index >= 15 is 0 Å². The number of benzene rings is 2. The first kappa shape index (κ1) is 18.7. The molecular formula is C18H19IN2O2S. The van der Waals surface area contributed by atoms with Gasteiger partial charge in [0, 0.05) is 27.9 Å². The van der Waals surface area contributed by atoms with Gasteiger partial charge in [0.2, 0.25) is 0 Å². The number of amides is 1. The highest BCUT2D eigenvalue weighted by atomic mass is 127. The Morgan fingerprint density at radius 2 is 1.67 bits per heavy atom. The van der Waals surface area contributed by atoms with Gasteiger partial charge in [-0.1, -0.05) is 0 Å². The van der Waals surface area contributed by atoms with Crippen LogP contribution < -0.4 is 10.1 Å². The minimum atomic E-state index is -0.158. The summed E-state index contributed by atoms with van der Waals surface area (Å²) in [4.78, 5) is 14.2. The van der Waals surface area contributed by atoms with Gasteiger partial charge < -0.3 is 15.0 Å². The van der Waals surface area contributed by atoms with Gasteiger partial charge in [-0.15, -0.1) is 0 Å². The molecule has 2 aromatic carbocycles. The molecule has 6 heteroatoms. The Bertz CT molecular complexity index is 698. The average Bonchev–Trinajstić information content (AvgIpc) is 2.58. The Morgan fingerprint density at radius 3 is 2.21 bits per heavy atom. The van der Waals surface area contributed by atoms with Gasteiger partial charge in [0.15, 0.2) is 0 Å². The molecule has 0 aliphatic rings. The van der Waals surface area contributed by atoms with Crippen LogP contribution in [0.2, 0.25) is 0 Å². The highest BCUT2D eigenvalue weighted by Crippen LogP contribution is 2.16. The lowest BCUT2D eigenvalue weighted by Gasteiger charge is -2.21. The number of carbonyl (C=O) groups is 1. The summed E-state index contributed by atoms with van der Waals surface area (Å²) in [6.07, 6.45) is 0. The molecule has 4 nitrogen and oxygen atoms in total. The van der Waals surface area contributed by atoms with Crippen molar-refractivity contribution in [3.63, 3.8) is 0 Å². The molecule has 2 aromatic rings. The van der Waals surface area contributed by atoms with Crippen molar-refractivity contribution < 1.29 is 9.53 Å². The standard InChI is InChI=1S/C18H19IN2O2S/c1-3-21(4-2)18(24)23-16-11-5-13(6-12-16)17(22)20-15-9-7-14(19)8-10-15/h5-12H,3-4H2,1-2H3,(H,20,22). The van der Waals surface area contributed by atoms with Crippen molar-refractivity contribution in [3.05, 3.63) is 57.7 Å². The first-order chi connectivity index (χ1) is 11.5. The fraction of sp³-hybridized carbons (Fsp3) is 0.222. The summed E-state index contributed by atoms with van der Waals surface area (Å²) in [6.45, 7) is 5.64. The number of ether oxygens (including phenoxy) is 1. The van der Waals surface area contributed by atoms with Crippen LogP contribution in [0.5, 0.6) is 5.75 Å². The maximum Gasteiger partial charge on any atom is 0.264 e. The Kier molecular flexibility index (Phi) is 6.99. The van der Waals surface area contributed by atoms with Crippen LogP contribution in [-0.2, 0) is 0 Å². The van der Waals surface area contributed by atoms with Crippen LogP contribution >= 0.6 is 34.8 Å². The summed E-state index contributed by atoms with van der Waals surface area (Å²) in [5, 5.41) is 3.31. The molecule has 0 bridgehead atoms. The molecule has 0 saturated carbocycles. The predicted molar refractivity (Wildman–Crippen MR) is 110 cm³/mol. The predicted octanol–water partition coefficient (Wildman–Crippen LogP) is 4.55. The van der Waals surface area contributed by atoms with Gasteiger partial charge in [0.1, 0.15) is 5.75 Å². The molecule has 0 aliphatic carbocycles. The van der Waals surface area contributed by atoms with Gasteiger partial charge in [-0.2, -0.15) is 0 Å². The average molecular weight is 454 g/mol. The molecule has 0 aliphatic heterocycles. The van der Waals surface area contributed by atoms with Gasteiger partial charge in [0.25, 0.3) is 11.1 Å². The van der Waals surface area contributed by atoms with Gasteiger partial charge >= 0.3 is 0 Å². The van der Waals surface area contributed by atoms with Crippen molar-refractivity contribution >= 4 is 51.6 Å². The Balaban J connectivity index is 1.99. The van der Waals surface area contributed by atoms with E-state index in [9.17, 15) is 4.79 Å². The number of nitrogens with zero attached hydrogens (tertiary/aromatic N) is 1. The SMILES string of the molecule is CCN(CC)C(=S)Oc1ccc(C(=O)Nc2ccc(I)cc2)cc1. The van der Waals surface area contributed by atoms with Crippen LogP contribution in [-0.4, -0.2) is 29.1 Å². The molecule has 0 unspecified atom stereocenters. The fourth-order valence-electron chi connectivity index (χ4n) is 2.06. The third-order valence-electron chi connectivity index (χ3n) is 3.45. The minimum Gasteiger partial charge on any atom is -0.432 e. The fourth-order valence-corrected chi connectivity index (χ4v) is 2.77. The lowest BCUT2D eigenvalue weighted by atomic mass is 10.2. The monoisotopic (exact) mass is 454 g/mol. The Labute approximate surface area is 161 Å². The van der Waals surface area contributed by atoms with E-state index < -0.39 is 0 Å². The summed E-state index contributed by atoms with van der Waals surface area (Å²) in [6, 6.07) is 14.6. The molecule has 2 rings (SSSR count). The zero-order valence-corrected chi connectivity index (χ0v) is 16.6. The molecule has 1 N–H and O–H groups in total. The second-order valence-electron chi connectivity index (χ2n) is 5.03. The third-order valence-corrected chi connectivity index (χ3v) is 4.51. The van der Waals surface area contributed by atoms with Crippen LogP contribution in [0, 0.1) is 3.57 Å².